The Kier molecular flexibility index (Phi) is 4.86. The first-order chi connectivity index (χ1) is 12.7. The van der Waals surface area contributed by atoms with Gasteiger partial charge in [-0.1, -0.05) is 41.9 Å². The number of nitrogens with one attached hydrogen (secondary N) is 1. The molecule has 1 unspecified atom stereocenters. The van der Waals surface area contributed by atoms with E-state index >= 15 is 0 Å². The van der Waals surface area contributed by atoms with Crippen molar-refractivity contribution >= 4 is 34.7 Å². The average Bonchev–Trinajstić information content (AvgIpc) is 3.33. The van der Waals surface area contributed by atoms with Crippen molar-refractivity contribution in [2.24, 2.45) is 0 Å². The molecule has 2 amide bonds. The number of likely N-dealkylation sites (tertiary alicyclic amines) is 1. The lowest BCUT2D eigenvalue weighted by atomic mass is 10.2. The summed E-state index contributed by atoms with van der Waals surface area (Å²) in [7, 11) is 0. The number of nitrogens with zero attached hydrogens (tertiary/aromatic N) is 3. The van der Waals surface area contributed by atoms with Crippen LogP contribution in [0.4, 0.5) is 10.5 Å². The minimum atomic E-state index is -0.168. The minimum absolute atomic E-state index is 0.00657. The maximum atomic E-state index is 12.7. The maximum Gasteiger partial charge on any atom is 0.322 e. The molecule has 2 aromatic heterocycles. The summed E-state index contributed by atoms with van der Waals surface area (Å²) >= 11 is 7.69. The van der Waals surface area contributed by atoms with Gasteiger partial charge in [-0.3, -0.25) is 0 Å². The molecule has 7 heteroatoms. The lowest BCUT2D eigenvalue weighted by Gasteiger charge is -2.23. The van der Waals surface area contributed by atoms with E-state index in [2.05, 4.69) is 27.4 Å². The molecule has 1 fully saturated rings. The van der Waals surface area contributed by atoms with Crippen LogP contribution in [-0.4, -0.2) is 27.4 Å². The molecule has 0 spiro atoms. The van der Waals surface area contributed by atoms with Gasteiger partial charge in [0, 0.05) is 18.9 Å². The summed E-state index contributed by atoms with van der Waals surface area (Å²) < 4.78 is 0. The molecule has 26 heavy (non-hydrogen) atoms. The average molecular weight is 385 g/mol. The molecule has 132 valence electrons. The molecule has 0 bridgehead atoms. The van der Waals surface area contributed by atoms with Crippen LogP contribution in [0.2, 0.25) is 5.15 Å². The van der Waals surface area contributed by atoms with Crippen LogP contribution in [0, 0.1) is 0 Å². The number of carbonyl (C=O) groups excluding carboxylic acids is 1. The Bertz CT molecular complexity index is 915. The van der Waals surface area contributed by atoms with Crippen LogP contribution in [0.3, 0.4) is 0 Å². The Balaban J connectivity index is 1.53. The van der Waals surface area contributed by atoms with Crippen molar-refractivity contribution in [1.29, 1.82) is 0 Å². The van der Waals surface area contributed by atoms with E-state index in [4.69, 9.17) is 11.6 Å². The van der Waals surface area contributed by atoms with Gasteiger partial charge >= 0.3 is 6.03 Å². The molecule has 3 heterocycles. The third-order valence-electron chi connectivity index (χ3n) is 4.38. The fourth-order valence-corrected chi connectivity index (χ4v) is 4.35. The number of thiazole rings is 1. The monoisotopic (exact) mass is 384 g/mol. The number of urea groups is 1. The number of pyridine rings is 1. The summed E-state index contributed by atoms with van der Waals surface area (Å²) in [4.78, 5) is 24.3. The van der Waals surface area contributed by atoms with Crippen molar-refractivity contribution in [3.63, 3.8) is 0 Å². The lowest BCUT2D eigenvalue weighted by molar-refractivity contribution is 0.207. The van der Waals surface area contributed by atoms with Crippen LogP contribution in [-0.2, 0) is 0 Å². The molecule has 1 saturated heterocycles. The van der Waals surface area contributed by atoms with E-state index in [0.29, 0.717) is 12.2 Å². The van der Waals surface area contributed by atoms with E-state index in [1.807, 2.05) is 29.3 Å². The molecule has 0 aliphatic carbocycles. The fourth-order valence-electron chi connectivity index (χ4n) is 3.11. The standard InChI is InChI=1S/C19H17ClN4OS/c20-17-14(8-4-10-21-17)23-19(25)24-11-5-9-15(24)18-22-12-16(26-18)13-6-2-1-3-7-13/h1-4,6-8,10,12,15H,5,9,11H2,(H,23,25). The molecule has 1 N–H and O–H groups in total. The molecular weight excluding hydrogens is 368 g/mol. The first-order valence-electron chi connectivity index (χ1n) is 8.41. The predicted octanol–water partition coefficient (Wildman–Crippen LogP) is 5.23. The van der Waals surface area contributed by atoms with Crippen molar-refractivity contribution in [3.8, 4) is 10.4 Å². The second kappa shape index (κ2) is 7.43. The Morgan fingerprint density at radius 1 is 1.19 bits per heavy atom. The fraction of sp³-hybridized carbons (Fsp3) is 0.211. The van der Waals surface area contributed by atoms with Crippen LogP contribution in [0.25, 0.3) is 10.4 Å². The highest BCUT2D eigenvalue weighted by Gasteiger charge is 2.32. The summed E-state index contributed by atoms with van der Waals surface area (Å²) in [5.74, 6) is 0. The summed E-state index contributed by atoms with van der Waals surface area (Å²) in [6.07, 6.45) is 5.36. The zero-order chi connectivity index (χ0) is 17.9. The predicted molar refractivity (Wildman–Crippen MR) is 104 cm³/mol. The van der Waals surface area contributed by atoms with Crippen molar-refractivity contribution in [2.45, 2.75) is 18.9 Å². The van der Waals surface area contributed by atoms with Crippen molar-refractivity contribution in [2.75, 3.05) is 11.9 Å². The third-order valence-corrected chi connectivity index (χ3v) is 5.83. The van der Waals surface area contributed by atoms with Crippen LogP contribution >= 0.6 is 22.9 Å². The molecule has 1 aromatic carbocycles. The minimum Gasteiger partial charge on any atom is -0.315 e. The van der Waals surface area contributed by atoms with Crippen molar-refractivity contribution in [3.05, 3.63) is 65.0 Å². The number of amides is 2. The highest BCUT2D eigenvalue weighted by molar-refractivity contribution is 7.15. The van der Waals surface area contributed by atoms with Gasteiger partial charge in [-0.05, 0) is 30.5 Å². The number of carbonyl (C=O) groups is 1. The molecule has 0 saturated carbocycles. The Morgan fingerprint density at radius 2 is 2.04 bits per heavy atom. The van der Waals surface area contributed by atoms with Gasteiger partial charge in [0.2, 0.25) is 0 Å². The van der Waals surface area contributed by atoms with Gasteiger partial charge in [-0.25, -0.2) is 14.8 Å². The Labute approximate surface area is 160 Å². The van der Waals surface area contributed by atoms with E-state index in [0.717, 1.165) is 28.3 Å². The number of anilines is 1. The molecule has 1 aliphatic heterocycles. The van der Waals surface area contributed by atoms with Crippen LogP contribution < -0.4 is 5.32 Å². The molecule has 4 rings (SSSR count). The normalized spacial score (nSPS) is 16.7. The van der Waals surface area contributed by atoms with Crippen LogP contribution in [0.1, 0.15) is 23.9 Å². The quantitative estimate of drug-likeness (QED) is 0.629. The third kappa shape index (κ3) is 3.43. The number of hydrogen-bond acceptors (Lipinski definition) is 4. The summed E-state index contributed by atoms with van der Waals surface area (Å²) in [5, 5.41) is 4.12. The molecule has 5 nitrogen and oxygen atoms in total. The van der Waals surface area contributed by atoms with Gasteiger partial charge in [-0.2, -0.15) is 0 Å². The molecule has 1 atom stereocenters. The summed E-state index contributed by atoms with van der Waals surface area (Å²) in [5.41, 5.74) is 1.67. The van der Waals surface area contributed by atoms with E-state index in [1.165, 1.54) is 0 Å². The van der Waals surface area contributed by atoms with E-state index < -0.39 is 0 Å². The van der Waals surface area contributed by atoms with Gasteiger partial charge in [0.05, 0.1) is 16.6 Å². The van der Waals surface area contributed by atoms with E-state index in [-0.39, 0.29) is 17.2 Å². The summed E-state index contributed by atoms with van der Waals surface area (Å²) in [6.45, 7) is 0.703. The number of benzene rings is 1. The van der Waals surface area contributed by atoms with Gasteiger partial charge in [-0.15, -0.1) is 11.3 Å². The van der Waals surface area contributed by atoms with Gasteiger partial charge in [0.15, 0.2) is 5.15 Å². The topological polar surface area (TPSA) is 58.1 Å². The first-order valence-corrected chi connectivity index (χ1v) is 9.61. The van der Waals surface area contributed by atoms with E-state index in [1.54, 1.807) is 29.7 Å². The maximum absolute atomic E-state index is 12.7. The van der Waals surface area contributed by atoms with Gasteiger partial charge in [0.25, 0.3) is 0 Å². The number of halogens is 1. The number of hydrogen-bond donors (Lipinski definition) is 1. The molecular formula is C19H17ClN4OS. The zero-order valence-corrected chi connectivity index (χ0v) is 15.5. The van der Waals surface area contributed by atoms with Crippen LogP contribution in [0.15, 0.2) is 54.9 Å². The van der Waals surface area contributed by atoms with Crippen molar-refractivity contribution < 1.29 is 4.79 Å². The summed E-state index contributed by atoms with van der Waals surface area (Å²) in [6, 6.07) is 13.5. The van der Waals surface area contributed by atoms with Crippen LogP contribution in [0.5, 0.6) is 0 Å². The van der Waals surface area contributed by atoms with E-state index in [9.17, 15) is 4.79 Å². The molecule has 1 aliphatic rings. The number of aromatic nitrogens is 2. The molecule has 0 radical (unpaired) electrons. The molecule has 3 aromatic rings. The SMILES string of the molecule is O=C(Nc1cccnc1Cl)N1CCCC1c1ncc(-c2ccccc2)s1. The van der Waals surface area contributed by atoms with Gasteiger partial charge < -0.3 is 10.2 Å². The smallest absolute Gasteiger partial charge is 0.315 e. The highest BCUT2D eigenvalue weighted by atomic mass is 35.5. The van der Waals surface area contributed by atoms with Gasteiger partial charge in [0.1, 0.15) is 5.01 Å². The second-order valence-corrected chi connectivity index (χ2v) is 7.47. The Hall–Kier alpha value is -2.44. The largest absolute Gasteiger partial charge is 0.322 e. The van der Waals surface area contributed by atoms with Crippen molar-refractivity contribution in [1.82, 2.24) is 14.9 Å². The lowest BCUT2D eigenvalue weighted by Crippen LogP contribution is -2.34. The highest BCUT2D eigenvalue weighted by Crippen LogP contribution is 2.37. The first kappa shape index (κ1) is 17.0. The number of rotatable bonds is 3. The Morgan fingerprint density at radius 3 is 2.85 bits per heavy atom. The second-order valence-electron chi connectivity index (χ2n) is 6.05. The zero-order valence-electron chi connectivity index (χ0n) is 13.9.